The third-order valence-corrected chi connectivity index (χ3v) is 4.43. The van der Waals surface area contributed by atoms with E-state index in [1.807, 2.05) is 0 Å². The number of rotatable bonds is 2. The highest BCUT2D eigenvalue weighted by Crippen LogP contribution is 2.30. The van der Waals surface area contributed by atoms with Crippen molar-refractivity contribution in [2.75, 3.05) is 6.54 Å². The van der Waals surface area contributed by atoms with Crippen LogP contribution in [0.15, 0.2) is 24.3 Å². The molecule has 3 rings (SSSR count). The number of nitrogens with one attached hydrogen (secondary N) is 2. The summed E-state index contributed by atoms with van der Waals surface area (Å²) in [4.78, 5) is 12.3. The fourth-order valence-electron chi connectivity index (χ4n) is 3.29. The molecule has 3 heteroatoms. The molecule has 102 valence electrons. The predicted molar refractivity (Wildman–Crippen MR) is 75.8 cm³/mol. The van der Waals surface area contributed by atoms with Crippen molar-refractivity contribution in [2.45, 2.75) is 44.7 Å². The molecule has 3 unspecified atom stereocenters. The first-order valence-corrected chi connectivity index (χ1v) is 7.35. The summed E-state index contributed by atoms with van der Waals surface area (Å²) in [6.45, 7) is 3.19. The second-order valence-electron chi connectivity index (χ2n) is 5.93. The van der Waals surface area contributed by atoms with Crippen LogP contribution in [0.2, 0.25) is 0 Å². The van der Waals surface area contributed by atoms with Gasteiger partial charge in [0.15, 0.2) is 0 Å². The monoisotopic (exact) mass is 258 g/mol. The first-order chi connectivity index (χ1) is 9.24. The Morgan fingerprint density at radius 2 is 2.16 bits per heavy atom. The Kier molecular flexibility index (Phi) is 3.56. The number of benzene rings is 1. The molecule has 1 aliphatic heterocycles. The van der Waals surface area contributed by atoms with Gasteiger partial charge in [-0.05, 0) is 49.3 Å². The van der Waals surface area contributed by atoms with Gasteiger partial charge in [-0.3, -0.25) is 4.79 Å². The number of fused-ring (bicyclic) bond motifs is 1. The molecule has 2 aliphatic rings. The second kappa shape index (κ2) is 5.33. The van der Waals surface area contributed by atoms with Crippen LogP contribution in [0.5, 0.6) is 0 Å². The van der Waals surface area contributed by atoms with Gasteiger partial charge >= 0.3 is 0 Å². The van der Waals surface area contributed by atoms with Gasteiger partial charge in [-0.15, -0.1) is 0 Å². The lowest BCUT2D eigenvalue weighted by atomic mass is 9.93. The van der Waals surface area contributed by atoms with Crippen molar-refractivity contribution in [1.29, 1.82) is 0 Å². The molecule has 1 saturated heterocycles. The molecule has 1 heterocycles. The van der Waals surface area contributed by atoms with Crippen LogP contribution in [0.1, 0.15) is 43.4 Å². The predicted octanol–water partition coefficient (Wildman–Crippen LogP) is 2.18. The quantitative estimate of drug-likeness (QED) is 0.853. The summed E-state index contributed by atoms with van der Waals surface area (Å²) in [7, 11) is 0. The normalized spacial score (nSPS) is 29.8. The van der Waals surface area contributed by atoms with Crippen LogP contribution in [0.4, 0.5) is 0 Å². The summed E-state index contributed by atoms with van der Waals surface area (Å²) in [5.74, 6) is 0.820. The number of aryl methyl sites for hydroxylation is 1. The maximum Gasteiger partial charge on any atom is 0.237 e. The van der Waals surface area contributed by atoms with E-state index < -0.39 is 0 Å². The fraction of sp³-hybridized carbons (Fsp3) is 0.562. The van der Waals surface area contributed by atoms with Crippen molar-refractivity contribution >= 4 is 5.91 Å². The van der Waals surface area contributed by atoms with Gasteiger partial charge in [-0.2, -0.15) is 0 Å². The van der Waals surface area contributed by atoms with Gasteiger partial charge in [0.05, 0.1) is 12.1 Å². The number of carbonyl (C=O) groups excluding carboxylic acids is 1. The minimum absolute atomic E-state index is 0.00323. The molecule has 1 fully saturated rings. The fourth-order valence-corrected chi connectivity index (χ4v) is 3.29. The molecule has 3 atom stereocenters. The van der Waals surface area contributed by atoms with E-state index in [2.05, 4.69) is 41.8 Å². The maximum atomic E-state index is 12.3. The van der Waals surface area contributed by atoms with E-state index in [4.69, 9.17) is 0 Å². The van der Waals surface area contributed by atoms with Crippen LogP contribution in [-0.2, 0) is 11.2 Å². The standard InChI is InChI=1S/C16H22N2O/c1-11-8-9-17-15(10-11)16(19)18-14-7-6-12-4-2-3-5-13(12)14/h2-5,11,14-15,17H,6-10H2,1H3,(H,18,19). The van der Waals surface area contributed by atoms with Gasteiger partial charge < -0.3 is 10.6 Å². The number of amides is 1. The Hall–Kier alpha value is -1.35. The van der Waals surface area contributed by atoms with Gasteiger partial charge in [0.25, 0.3) is 0 Å². The smallest absolute Gasteiger partial charge is 0.237 e. The van der Waals surface area contributed by atoms with Crippen molar-refractivity contribution in [3.05, 3.63) is 35.4 Å². The average molecular weight is 258 g/mol. The van der Waals surface area contributed by atoms with Crippen LogP contribution in [0.25, 0.3) is 0 Å². The zero-order valence-corrected chi connectivity index (χ0v) is 11.5. The zero-order chi connectivity index (χ0) is 13.2. The molecule has 2 N–H and O–H groups in total. The molecule has 0 aromatic heterocycles. The molecule has 0 radical (unpaired) electrons. The van der Waals surface area contributed by atoms with E-state index in [0.29, 0.717) is 5.92 Å². The molecule has 19 heavy (non-hydrogen) atoms. The first-order valence-electron chi connectivity index (χ1n) is 7.35. The molecule has 0 saturated carbocycles. The van der Waals surface area contributed by atoms with E-state index >= 15 is 0 Å². The third kappa shape index (κ3) is 2.66. The zero-order valence-electron chi connectivity index (χ0n) is 11.5. The van der Waals surface area contributed by atoms with E-state index in [1.54, 1.807) is 0 Å². The van der Waals surface area contributed by atoms with Crippen molar-refractivity contribution in [3.8, 4) is 0 Å². The summed E-state index contributed by atoms with van der Waals surface area (Å²) in [6.07, 6.45) is 4.25. The average Bonchev–Trinajstić information content (AvgIpc) is 2.82. The molecule has 1 amide bonds. The topological polar surface area (TPSA) is 41.1 Å². The molecular formula is C16H22N2O. The molecule has 3 nitrogen and oxygen atoms in total. The summed E-state index contributed by atoms with van der Waals surface area (Å²) < 4.78 is 0. The lowest BCUT2D eigenvalue weighted by molar-refractivity contribution is -0.124. The van der Waals surface area contributed by atoms with Crippen LogP contribution >= 0.6 is 0 Å². The number of hydrogen-bond donors (Lipinski definition) is 2. The molecule has 1 aromatic carbocycles. The van der Waals surface area contributed by atoms with Crippen LogP contribution in [0, 0.1) is 5.92 Å². The molecule has 0 bridgehead atoms. The van der Waals surface area contributed by atoms with Gasteiger partial charge in [0.2, 0.25) is 5.91 Å². The SMILES string of the molecule is CC1CCNC(C(=O)NC2CCc3ccccc32)C1. The van der Waals surface area contributed by atoms with Gasteiger partial charge in [-0.25, -0.2) is 0 Å². The van der Waals surface area contributed by atoms with E-state index in [1.165, 1.54) is 17.5 Å². The van der Waals surface area contributed by atoms with Crippen molar-refractivity contribution < 1.29 is 4.79 Å². The minimum atomic E-state index is -0.00323. The summed E-state index contributed by atoms with van der Waals surface area (Å²) in [5.41, 5.74) is 2.69. The summed E-state index contributed by atoms with van der Waals surface area (Å²) >= 11 is 0. The largest absolute Gasteiger partial charge is 0.348 e. The number of hydrogen-bond acceptors (Lipinski definition) is 2. The Balaban J connectivity index is 1.64. The van der Waals surface area contributed by atoms with Gasteiger partial charge in [-0.1, -0.05) is 31.2 Å². The Labute approximate surface area is 114 Å². The Bertz CT molecular complexity index is 472. The minimum Gasteiger partial charge on any atom is -0.348 e. The van der Waals surface area contributed by atoms with Gasteiger partial charge in [0.1, 0.15) is 0 Å². The van der Waals surface area contributed by atoms with Crippen molar-refractivity contribution in [1.82, 2.24) is 10.6 Å². The lowest BCUT2D eigenvalue weighted by Gasteiger charge is -2.28. The second-order valence-corrected chi connectivity index (χ2v) is 5.93. The highest BCUT2D eigenvalue weighted by Gasteiger charge is 2.29. The molecule has 0 spiro atoms. The Morgan fingerprint density at radius 3 is 3.00 bits per heavy atom. The molecule has 1 aliphatic carbocycles. The summed E-state index contributed by atoms with van der Waals surface area (Å²) in [5, 5.41) is 6.56. The Morgan fingerprint density at radius 1 is 1.32 bits per heavy atom. The van der Waals surface area contributed by atoms with Crippen molar-refractivity contribution in [2.24, 2.45) is 5.92 Å². The van der Waals surface area contributed by atoms with Crippen molar-refractivity contribution in [3.63, 3.8) is 0 Å². The molecule has 1 aromatic rings. The molecular weight excluding hydrogens is 236 g/mol. The van der Waals surface area contributed by atoms with Crippen LogP contribution in [-0.4, -0.2) is 18.5 Å². The highest BCUT2D eigenvalue weighted by molar-refractivity contribution is 5.82. The lowest BCUT2D eigenvalue weighted by Crippen LogP contribution is -2.49. The van der Waals surface area contributed by atoms with E-state index in [0.717, 1.165) is 25.8 Å². The number of carbonyl (C=O) groups is 1. The summed E-state index contributed by atoms with van der Waals surface area (Å²) in [6, 6.07) is 8.66. The van der Waals surface area contributed by atoms with Gasteiger partial charge in [0, 0.05) is 0 Å². The highest BCUT2D eigenvalue weighted by atomic mass is 16.2. The van der Waals surface area contributed by atoms with Crippen LogP contribution < -0.4 is 10.6 Å². The van der Waals surface area contributed by atoms with E-state index in [-0.39, 0.29) is 18.0 Å². The van der Waals surface area contributed by atoms with E-state index in [9.17, 15) is 4.79 Å². The third-order valence-electron chi connectivity index (χ3n) is 4.43. The maximum absolute atomic E-state index is 12.3. The number of piperidine rings is 1. The van der Waals surface area contributed by atoms with Crippen LogP contribution in [0.3, 0.4) is 0 Å². The first kappa shape index (κ1) is 12.7.